The van der Waals surface area contributed by atoms with E-state index in [0.29, 0.717) is 5.02 Å². The van der Waals surface area contributed by atoms with Crippen LogP contribution in [0.25, 0.3) is 0 Å². The number of methoxy groups -OCH3 is 1. The van der Waals surface area contributed by atoms with Gasteiger partial charge in [0.2, 0.25) is 0 Å². The van der Waals surface area contributed by atoms with Crippen LogP contribution in [0.2, 0.25) is 5.02 Å². The molecule has 0 aliphatic rings. The molecule has 1 rings (SSSR count). The van der Waals surface area contributed by atoms with Crippen LogP contribution in [0.3, 0.4) is 0 Å². The highest BCUT2D eigenvalue weighted by Crippen LogP contribution is 2.28. The molecule has 0 bridgehead atoms. The Morgan fingerprint density at radius 3 is 2.86 bits per heavy atom. The minimum absolute atomic E-state index is 0. The van der Waals surface area contributed by atoms with Crippen molar-refractivity contribution in [3.63, 3.8) is 0 Å². The number of carbonyl (C=O) groups is 1. The molecule has 0 fully saturated rings. The number of carbonyl (C=O) groups excluding carboxylic acids is 1. The average molecular weight is 256 g/mol. The standard InChI is InChI=1S/C8H10ClNO2S.ClH/c1-12-7(11)4-6(10)8-5(9)2-3-13-8;/h2-3,6H,4,10H2,1H3;1H/t6-;/m1./s1. The van der Waals surface area contributed by atoms with Crippen molar-refractivity contribution in [1.29, 1.82) is 0 Å². The van der Waals surface area contributed by atoms with Gasteiger partial charge in [-0.25, -0.2) is 0 Å². The molecular weight excluding hydrogens is 245 g/mol. The molecule has 0 aliphatic carbocycles. The van der Waals surface area contributed by atoms with E-state index >= 15 is 0 Å². The molecule has 0 spiro atoms. The lowest BCUT2D eigenvalue weighted by Gasteiger charge is -2.07. The normalized spacial score (nSPS) is 11.6. The first-order valence-electron chi connectivity index (χ1n) is 3.70. The largest absolute Gasteiger partial charge is 0.469 e. The van der Waals surface area contributed by atoms with Crippen molar-refractivity contribution < 1.29 is 9.53 Å². The molecular formula is C8H11Cl2NO2S. The number of hydrogen-bond acceptors (Lipinski definition) is 4. The molecule has 0 radical (unpaired) electrons. The summed E-state index contributed by atoms with van der Waals surface area (Å²) in [5.41, 5.74) is 5.74. The summed E-state index contributed by atoms with van der Waals surface area (Å²) < 4.78 is 4.50. The van der Waals surface area contributed by atoms with Gasteiger partial charge in [0, 0.05) is 4.88 Å². The van der Waals surface area contributed by atoms with E-state index in [1.165, 1.54) is 18.4 Å². The molecule has 1 atom stereocenters. The van der Waals surface area contributed by atoms with Crippen molar-refractivity contribution in [2.75, 3.05) is 7.11 Å². The molecule has 0 saturated carbocycles. The van der Waals surface area contributed by atoms with Crippen molar-refractivity contribution in [3.8, 4) is 0 Å². The number of hydrogen-bond donors (Lipinski definition) is 1. The molecule has 1 aromatic rings. The highest BCUT2D eigenvalue weighted by Gasteiger charge is 2.15. The Kier molecular flexibility index (Phi) is 6.11. The summed E-state index contributed by atoms with van der Waals surface area (Å²) in [6, 6.07) is 1.40. The summed E-state index contributed by atoms with van der Waals surface area (Å²) in [6.07, 6.45) is 0.163. The SMILES string of the molecule is COC(=O)C[C@@H](N)c1sccc1Cl.Cl. The molecule has 0 unspecified atom stereocenters. The number of rotatable bonds is 3. The van der Waals surface area contributed by atoms with Crippen molar-refractivity contribution >= 4 is 41.3 Å². The first-order chi connectivity index (χ1) is 6.15. The maximum Gasteiger partial charge on any atom is 0.307 e. The smallest absolute Gasteiger partial charge is 0.307 e. The van der Waals surface area contributed by atoms with Gasteiger partial charge in [0.1, 0.15) is 0 Å². The van der Waals surface area contributed by atoms with E-state index in [0.717, 1.165) is 4.88 Å². The second kappa shape index (κ2) is 6.24. The summed E-state index contributed by atoms with van der Waals surface area (Å²) in [7, 11) is 1.34. The third-order valence-electron chi connectivity index (χ3n) is 1.60. The van der Waals surface area contributed by atoms with Crippen molar-refractivity contribution in [2.45, 2.75) is 12.5 Å². The Balaban J connectivity index is 0.00000169. The number of nitrogens with two attached hydrogens (primary N) is 1. The lowest BCUT2D eigenvalue weighted by Crippen LogP contribution is -2.15. The van der Waals surface area contributed by atoms with Gasteiger partial charge in [0.25, 0.3) is 0 Å². The fraction of sp³-hybridized carbons (Fsp3) is 0.375. The van der Waals surface area contributed by atoms with Gasteiger partial charge in [-0.3, -0.25) is 4.79 Å². The molecule has 0 aromatic carbocycles. The van der Waals surface area contributed by atoms with Crippen LogP contribution in [0.1, 0.15) is 17.3 Å². The molecule has 14 heavy (non-hydrogen) atoms. The minimum atomic E-state index is -0.361. The number of esters is 1. The summed E-state index contributed by atoms with van der Waals surface area (Å²) in [5.74, 6) is -0.322. The lowest BCUT2D eigenvalue weighted by molar-refractivity contribution is -0.141. The van der Waals surface area contributed by atoms with Crippen LogP contribution >= 0.6 is 35.3 Å². The predicted octanol–water partition coefficient (Wildman–Crippen LogP) is 2.39. The molecule has 0 saturated heterocycles. The van der Waals surface area contributed by atoms with Crippen LogP contribution in [0.5, 0.6) is 0 Å². The average Bonchev–Trinajstić information content (AvgIpc) is 2.51. The third kappa shape index (κ3) is 3.46. The Labute approximate surface area is 97.6 Å². The molecule has 1 heterocycles. The van der Waals surface area contributed by atoms with Gasteiger partial charge in [-0.15, -0.1) is 23.7 Å². The summed E-state index contributed by atoms with van der Waals surface area (Å²) in [4.78, 5) is 11.7. The highest BCUT2D eigenvalue weighted by atomic mass is 35.5. The van der Waals surface area contributed by atoms with Gasteiger partial charge >= 0.3 is 5.97 Å². The quantitative estimate of drug-likeness (QED) is 0.845. The van der Waals surface area contributed by atoms with E-state index in [4.69, 9.17) is 17.3 Å². The van der Waals surface area contributed by atoms with Crippen LogP contribution in [0, 0.1) is 0 Å². The minimum Gasteiger partial charge on any atom is -0.469 e. The van der Waals surface area contributed by atoms with Gasteiger partial charge in [-0.1, -0.05) is 11.6 Å². The fourth-order valence-corrected chi connectivity index (χ4v) is 2.13. The van der Waals surface area contributed by atoms with Crippen LogP contribution in [-0.2, 0) is 9.53 Å². The molecule has 1 aromatic heterocycles. The Morgan fingerprint density at radius 2 is 2.43 bits per heavy atom. The van der Waals surface area contributed by atoms with Gasteiger partial charge in [-0.05, 0) is 11.4 Å². The van der Waals surface area contributed by atoms with E-state index in [9.17, 15) is 4.79 Å². The molecule has 3 nitrogen and oxygen atoms in total. The lowest BCUT2D eigenvalue weighted by atomic mass is 10.2. The van der Waals surface area contributed by atoms with E-state index in [2.05, 4.69) is 4.74 Å². The molecule has 6 heteroatoms. The second-order valence-electron chi connectivity index (χ2n) is 2.52. The highest BCUT2D eigenvalue weighted by molar-refractivity contribution is 7.10. The van der Waals surface area contributed by atoms with Crippen LogP contribution in [0.15, 0.2) is 11.4 Å². The van der Waals surface area contributed by atoms with Crippen molar-refractivity contribution in [3.05, 3.63) is 21.3 Å². The zero-order valence-corrected chi connectivity index (χ0v) is 9.92. The number of thiophene rings is 1. The number of ether oxygens (including phenoxy) is 1. The third-order valence-corrected chi connectivity index (χ3v) is 3.09. The maximum atomic E-state index is 10.9. The fourth-order valence-electron chi connectivity index (χ4n) is 0.926. The Morgan fingerprint density at radius 1 is 1.79 bits per heavy atom. The van der Waals surface area contributed by atoms with Crippen LogP contribution in [-0.4, -0.2) is 13.1 Å². The van der Waals surface area contributed by atoms with Crippen LogP contribution < -0.4 is 5.73 Å². The van der Waals surface area contributed by atoms with E-state index < -0.39 is 0 Å². The number of halogens is 2. The van der Waals surface area contributed by atoms with Gasteiger partial charge in [-0.2, -0.15) is 0 Å². The van der Waals surface area contributed by atoms with Crippen molar-refractivity contribution in [2.24, 2.45) is 5.73 Å². The summed E-state index contributed by atoms with van der Waals surface area (Å²) >= 11 is 7.28. The van der Waals surface area contributed by atoms with Gasteiger partial charge in [0.05, 0.1) is 24.6 Å². The maximum absolute atomic E-state index is 10.9. The predicted molar refractivity (Wildman–Crippen MR) is 60.1 cm³/mol. The molecule has 0 amide bonds. The summed E-state index contributed by atoms with van der Waals surface area (Å²) in [5, 5.41) is 2.45. The molecule has 0 aliphatic heterocycles. The molecule has 80 valence electrons. The van der Waals surface area contributed by atoms with Gasteiger partial charge < -0.3 is 10.5 Å². The van der Waals surface area contributed by atoms with E-state index in [1.54, 1.807) is 6.07 Å². The van der Waals surface area contributed by atoms with Gasteiger partial charge in [0.15, 0.2) is 0 Å². The zero-order valence-electron chi connectivity index (χ0n) is 7.53. The zero-order chi connectivity index (χ0) is 9.84. The topological polar surface area (TPSA) is 52.3 Å². The van der Waals surface area contributed by atoms with Crippen molar-refractivity contribution in [1.82, 2.24) is 0 Å². The Hall–Kier alpha value is -0.290. The van der Waals surface area contributed by atoms with E-state index in [-0.39, 0.29) is 30.8 Å². The first-order valence-corrected chi connectivity index (χ1v) is 4.96. The monoisotopic (exact) mass is 255 g/mol. The molecule has 2 N–H and O–H groups in total. The Bertz CT molecular complexity index is 303. The van der Waals surface area contributed by atoms with Crippen LogP contribution in [0.4, 0.5) is 0 Å². The van der Waals surface area contributed by atoms with E-state index in [1.807, 2.05) is 5.38 Å². The first kappa shape index (κ1) is 13.7. The summed E-state index contributed by atoms with van der Waals surface area (Å²) in [6.45, 7) is 0. The second-order valence-corrected chi connectivity index (χ2v) is 3.87.